The van der Waals surface area contributed by atoms with Crippen molar-refractivity contribution >= 4 is 23.8 Å². The number of imide groups is 1. The highest BCUT2D eigenvalue weighted by Crippen LogP contribution is 2.07. The Hall–Kier alpha value is -2.90. The summed E-state index contributed by atoms with van der Waals surface area (Å²) in [6.07, 6.45) is 0.730. The van der Waals surface area contributed by atoms with Gasteiger partial charge in [-0.3, -0.25) is 14.9 Å². The number of nitrogens with one attached hydrogen (secondary N) is 3. The van der Waals surface area contributed by atoms with Gasteiger partial charge in [-0.05, 0) is 24.5 Å². The molecule has 4 amide bonds. The Kier molecular flexibility index (Phi) is 8.83. The fourth-order valence-electron chi connectivity index (χ4n) is 1.98. The van der Waals surface area contributed by atoms with Crippen molar-refractivity contribution in [1.29, 1.82) is 0 Å². The van der Waals surface area contributed by atoms with Crippen molar-refractivity contribution in [1.82, 2.24) is 16.0 Å². The van der Waals surface area contributed by atoms with Crippen LogP contribution in [0.3, 0.4) is 0 Å². The first-order valence-electron chi connectivity index (χ1n) is 8.45. The Balaban J connectivity index is 2.54. The van der Waals surface area contributed by atoms with Crippen molar-refractivity contribution in [3.8, 4) is 0 Å². The van der Waals surface area contributed by atoms with Gasteiger partial charge in [-0.15, -0.1) is 0 Å². The van der Waals surface area contributed by atoms with E-state index in [0.29, 0.717) is 12.1 Å². The quantitative estimate of drug-likeness (QED) is 0.601. The molecule has 0 aliphatic rings. The van der Waals surface area contributed by atoms with Gasteiger partial charge < -0.3 is 15.4 Å². The van der Waals surface area contributed by atoms with Crippen LogP contribution in [0.25, 0.3) is 0 Å². The summed E-state index contributed by atoms with van der Waals surface area (Å²) in [5, 5.41) is 7.12. The molecular formula is C18H25N3O5. The van der Waals surface area contributed by atoms with Crippen LogP contribution in [0.4, 0.5) is 4.79 Å². The zero-order chi connectivity index (χ0) is 19.5. The van der Waals surface area contributed by atoms with Crippen LogP contribution < -0.4 is 16.0 Å². The summed E-state index contributed by atoms with van der Waals surface area (Å²) in [6, 6.07) is 6.90. The summed E-state index contributed by atoms with van der Waals surface area (Å²) >= 11 is 0. The van der Waals surface area contributed by atoms with Crippen molar-refractivity contribution in [3.05, 3.63) is 35.9 Å². The molecule has 3 N–H and O–H groups in total. The van der Waals surface area contributed by atoms with E-state index in [4.69, 9.17) is 4.74 Å². The predicted molar refractivity (Wildman–Crippen MR) is 95.3 cm³/mol. The van der Waals surface area contributed by atoms with E-state index in [1.165, 1.54) is 0 Å². The number of urea groups is 1. The normalized spacial score (nSPS) is 11.4. The monoisotopic (exact) mass is 363 g/mol. The highest BCUT2D eigenvalue weighted by molar-refractivity contribution is 5.98. The number of esters is 1. The van der Waals surface area contributed by atoms with Gasteiger partial charge in [0, 0.05) is 12.1 Å². The smallest absolute Gasteiger partial charge is 0.329 e. The van der Waals surface area contributed by atoms with Crippen molar-refractivity contribution in [2.45, 2.75) is 33.2 Å². The summed E-state index contributed by atoms with van der Waals surface area (Å²) in [6.45, 7) is 5.19. The molecule has 0 heterocycles. The molecule has 0 saturated carbocycles. The molecule has 1 aromatic rings. The second-order valence-corrected chi connectivity index (χ2v) is 5.97. The number of hydrogen-bond donors (Lipinski definition) is 3. The third-order valence-electron chi connectivity index (χ3n) is 3.38. The number of rotatable bonds is 8. The van der Waals surface area contributed by atoms with Crippen molar-refractivity contribution in [3.63, 3.8) is 0 Å². The maximum atomic E-state index is 12.2. The SMILES string of the molecule is CCCNC(=O)NC(=O)COC(=O)[C@@H](NC(=O)c1ccccc1)C(C)C. The van der Waals surface area contributed by atoms with Crippen LogP contribution in [0.15, 0.2) is 30.3 Å². The van der Waals surface area contributed by atoms with Gasteiger partial charge in [0.1, 0.15) is 6.04 Å². The minimum atomic E-state index is -0.913. The van der Waals surface area contributed by atoms with Gasteiger partial charge in [-0.1, -0.05) is 39.0 Å². The largest absolute Gasteiger partial charge is 0.454 e. The molecule has 0 aromatic heterocycles. The van der Waals surface area contributed by atoms with Gasteiger partial charge in [0.15, 0.2) is 6.61 Å². The first-order valence-corrected chi connectivity index (χ1v) is 8.45. The molecule has 26 heavy (non-hydrogen) atoms. The highest BCUT2D eigenvalue weighted by Gasteiger charge is 2.26. The van der Waals surface area contributed by atoms with Crippen LogP contribution in [0.5, 0.6) is 0 Å². The maximum absolute atomic E-state index is 12.2. The Bertz CT molecular complexity index is 631. The van der Waals surface area contributed by atoms with Crippen LogP contribution in [-0.4, -0.2) is 43.0 Å². The maximum Gasteiger partial charge on any atom is 0.329 e. The Morgan fingerprint density at radius 1 is 1.08 bits per heavy atom. The number of benzene rings is 1. The van der Waals surface area contributed by atoms with Crippen molar-refractivity contribution in [2.75, 3.05) is 13.2 Å². The molecule has 8 nitrogen and oxygen atoms in total. The van der Waals surface area contributed by atoms with Gasteiger partial charge >= 0.3 is 12.0 Å². The summed E-state index contributed by atoms with van der Waals surface area (Å²) in [4.78, 5) is 47.4. The number of carbonyl (C=O) groups excluding carboxylic acids is 4. The molecule has 142 valence electrons. The number of hydrogen-bond acceptors (Lipinski definition) is 5. The fourth-order valence-corrected chi connectivity index (χ4v) is 1.98. The van der Waals surface area contributed by atoms with Crippen molar-refractivity contribution < 1.29 is 23.9 Å². The van der Waals surface area contributed by atoms with Crippen LogP contribution in [0.2, 0.25) is 0 Å². The van der Waals surface area contributed by atoms with E-state index < -0.39 is 36.5 Å². The fraction of sp³-hybridized carbons (Fsp3) is 0.444. The molecule has 0 aliphatic heterocycles. The van der Waals surface area contributed by atoms with E-state index in [1.54, 1.807) is 44.2 Å². The molecule has 0 saturated heterocycles. The number of amides is 4. The lowest BCUT2D eigenvalue weighted by Gasteiger charge is -2.20. The molecule has 1 rings (SSSR count). The lowest BCUT2D eigenvalue weighted by atomic mass is 10.0. The zero-order valence-electron chi connectivity index (χ0n) is 15.2. The van der Waals surface area contributed by atoms with E-state index in [0.717, 1.165) is 6.42 Å². The van der Waals surface area contributed by atoms with Crippen LogP contribution in [0, 0.1) is 5.92 Å². The standard InChI is InChI=1S/C18H25N3O5/c1-4-10-19-18(25)20-14(22)11-26-17(24)15(12(2)3)21-16(23)13-8-6-5-7-9-13/h5-9,12,15H,4,10-11H2,1-3H3,(H,21,23)(H2,19,20,22,25)/t15-/m0/s1. The summed E-state index contributed by atoms with van der Waals surface area (Å²) in [5.74, 6) is -2.15. The average molecular weight is 363 g/mol. The highest BCUT2D eigenvalue weighted by atomic mass is 16.5. The Labute approximate surface area is 152 Å². The summed E-state index contributed by atoms with van der Waals surface area (Å²) < 4.78 is 4.92. The predicted octanol–water partition coefficient (Wildman–Crippen LogP) is 1.22. The second kappa shape index (κ2) is 10.9. The average Bonchev–Trinajstić information content (AvgIpc) is 2.62. The van der Waals surface area contributed by atoms with E-state index in [2.05, 4.69) is 16.0 Å². The minimum absolute atomic E-state index is 0.244. The lowest BCUT2D eigenvalue weighted by molar-refractivity contribution is -0.151. The summed E-state index contributed by atoms with van der Waals surface area (Å²) in [7, 11) is 0. The zero-order valence-corrected chi connectivity index (χ0v) is 15.2. The van der Waals surface area contributed by atoms with Crippen LogP contribution >= 0.6 is 0 Å². The van der Waals surface area contributed by atoms with E-state index in [-0.39, 0.29) is 5.92 Å². The third-order valence-corrected chi connectivity index (χ3v) is 3.38. The minimum Gasteiger partial charge on any atom is -0.454 e. The molecule has 0 bridgehead atoms. The van der Waals surface area contributed by atoms with Gasteiger partial charge in [0.2, 0.25) is 0 Å². The van der Waals surface area contributed by atoms with Crippen LogP contribution in [0.1, 0.15) is 37.6 Å². The van der Waals surface area contributed by atoms with E-state index >= 15 is 0 Å². The lowest BCUT2D eigenvalue weighted by Crippen LogP contribution is -2.47. The molecule has 0 fully saturated rings. The molecule has 0 unspecified atom stereocenters. The Morgan fingerprint density at radius 3 is 2.31 bits per heavy atom. The number of carbonyl (C=O) groups is 4. The molecule has 8 heteroatoms. The molecule has 1 atom stereocenters. The van der Waals surface area contributed by atoms with Gasteiger partial charge in [0.05, 0.1) is 0 Å². The first-order chi connectivity index (χ1) is 12.3. The van der Waals surface area contributed by atoms with Gasteiger partial charge in [0.25, 0.3) is 11.8 Å². The Morgan fingerprint density at radius 2 is 1.73 bits per heavy atom. The molecule has 0 aliphatic carbocycles. The first kappa shape index (κ1) is 21.1. The molecule has 1 aromatic carbocycles. The molecular weight excluding hydrogens is 338 g/mol. The van der Waals surface area contributed by atoms with Crippen molar-refractivity contribution in [2.24, 2.45) is 5.92 Å². The van der Waals surface area contributed by atoms with Gasteiger partial charge in [-0.25, -0.2) is 9.59 Å². The second-order valence-electron chi connectivity index (χ2n) is 5.97. The van der Waals surface area contributed by atoms with E-state index in [1.807, 2.05) is 6.92 Å². The number of ether oxygens (including phenoxy) is 1. The van der Waals surface area contributed by atoms with Crippen LogP contribution in [-0.2, 0) is 14.3 Å². The topological polar surface area (TPSA) is 114 Å². The molecule has 0 spiro atoms. The molecule has 0 radical (unpaired) electrons. The third kappa shape index (κ3) is 7.33. The summed E-state index contributed by atoms with van der Waals surface area (Å²) in [5.41, 5.74) is 0.413. The van der Waals surface area contributed by atoms with E-state index in [9.17, 15) is 19.2 Å². The van der Waals surface area contributed by atoms with Gasteiger partial charge in [-0.2, -0.15) is 0 Å².